The third kappa shape index (κ3) is 4.60. The van der Waals surface area contributed by atoms with E-state index in [1.54, 1.807) is 0 Å². The maximum absolute atomic E-state index is 12.2. The summed E-state index contributed by atoms with van der Waals surface area (Å²) in [5, 5.41) is 6.88. The van der Waals surface area contributed by atoms with E-state index in [0.717, 1.165) is 36.3 Å². The second kappa shape index (κ2) is 9.05. The molecule has 2 aliphatic heterocycles. The van der Waals surface area contributed by atoms with Crippen LogP contribution in [-0.4, -0.2) is 39.9 Å². The third-order valence-electron chi connectivity index (χ3n) is 6.19. The molecule has 2 fully saturated rings. The zero-order valence-electron chi connectivity index (χ0n) is 18.5. The summed E-state index contributed by atoms with van der Waals surface area (Å²) in [5.41, 5.74) is 2.87. The van der Waals surface area contributed by atoms with Gasteiger partial charge >= 0.3 is 0 Å². The molecule has 2 aliphatic rings. The fourth-order valence-corrected chi connectivity index (χ4v) is 4.22. The van der Waals surface area contributed by atoms with Crippen molar-refractivity contribution < 1.29 is 18.8 Å². The maximum atomic E-state index is 12.2. The molecule has 8 heteroatoms. The van der Waals surface area contributed by atoms with Gasteiger partial charge in [0.05, 0.1) is 0 Å². The predicted molar refractivity (Wildman–Crippen MR) is 121 cm³/mol. The van der Waals surface area contributed by atoms with Gasteiger partial charge in [-0.2, -0.15) is 4.98 Å². The fraction of sp³-hybridized carbons (Fsp3) is 0.360. The molecule has 170 valence electrons. The first kappa shape index (κ1) is 21.2. The van der Waals surface area contributed by atoms with Crippen molar-refractivity contribution in [3.63, 3.8) is 0 Å². The summed E-state index contributed by atoms with van der Waals surface area (Å²) in [4.78, 5) is 30.1. The number of likely N-dealkylation sites (tertiary alicyclic amines) is 1. The molecule has 2 amide bonds. The van der Waals surface area contributed by atoms with Gasteiger partial charge in [0.1, 0.15) is 11.5 Å². The van der Waals surface area contributed by atoms with Crippen LogP contribution in [0.4, 0.5) is 0 Å². The number of nitrogens with one attached hydrogen (secondary N) is 1. The lowest BCUT2D eigenvalue weighted by Crippen LogP contribution is -2.24. The second-order valence-corrected chi connectivity index (χ2v) is 8.50. The number of hydrogen-bond donors (Lipinski definition) is 1. The molecule has 2 aromatic carbocycles. The molecule has 3 heterocycles. The molecule has 1 aromatic heterocycles. The van der Waals surface area contributed by atoms with E-state index < -0.39 is 0 Å². The van der Waals surface area contributed by atoms with E-state index in [2.05, 4.69) is 22.4 Å². The van der Waals surface area contributed by atoms with Crippen LogP contribution in [-0.2, 0) is 22.6 Å². The molecule has 2 saturated heterocycles. The van der Waals surface area contributed by atoms with Gasteiger partial charge in [0.2, 0.25) is 11.8 Å². The molecule has 0 saturated carbocycles. The molecule has 0 radical (unpaired) electrons. The number of amides is 2. The number of benzene rings is 2. The SMILES string of the molecule is CCc1ccc(Oc2cc(-c3nc(C4CNC(=O)C4)no3)ccc2CN2CCCC2=O)cc1. The minimum atomic E-state index is -0.0803. The van der Waals surface area contributed by atoms with Crippen molar-refractivity contribution in [1.82, 2.24) is 20.4 Å². The quantitative estimate of drug-likeness (QED) is 0.593. The van der Waals surface area contributed by atoms with Crippen LogP contribution in [0.3, 0.4) is 0 Å². The molecule has 1 N–H and O–H groups in total. The predicted octanol–water partition coefficient (Wildman–Crippen LogP) is 3.82. The Kier molecular flexibility index (Phi) is 5.81. The first-order valence-corrected chi connectivity index (χ1v) is 11.4. The zero-order valence-corrected chi connectivity index (χ0v) is 18.5. The molecular formula is C25H26N4O4. The van der Waals surface area contributed by atoms with E-state index in [9.17, 15) is 9.59 Å². The molecule has 5 rings (SSSR count). The molecule has 33 heavy (non-hydrogen) atoms. The van der Waals surface area contributed by atoms with Crippen LogP contribution in [0.15, 0.2) is 47.0 Å². The lowest BCUT2D eigenvalue weighted by molar-refractivity contribution is -0.128. The summed E-state index contributed by atoms with van der Waals surface area (Å²) in [6, 6.07) is 13.7. The van der Waals surface area contributed by atoms with Crippen LogP contribution in [0.2, 0.25) is 0 Å². The highest BCUT2D eigenvalue weighted by Crippen LogP contribution is 2.33. The standard InChI is InChI=1S/C25H26N4O4/c1-2-16-5-9-20(10-6-16)32-21-12-17(7-8-18(21)15-29-11-3-4-23(29)31)25-27-24(28-33-25)19-13-22(30)26-14-19/h5-10,12,19H,2-4,11,13-15H2,1H3,(H,26,30). The average Bonchev–Trinajstić information content (AvgIpc) is 3.57. The number of rotatable bonds is 7. The Morgan fingerprint density at radius 3 is 2.73 bits per heavy atom. The number of aryl methyl sites for hydroxylation is 1. The van der Waals surface area contributed by atoms with E-state index in [-0.39, 0.29) is 17.7 Å². The van der Waals surface area contributed by atoms with Gasteiger partial charge in [-0.3, -0.25) is 9.59 Å². The van der Waals surface area contributed by atoms with E-state index in [1.807, 2.05) is 47.4 Å². The molecule has 0 bridgehead atoms. The lowest BCUT2D eigenvalue weighted by Gasteiger charge is -2.19. The highest BCUT2D eigenvalue weighted by molar-refractivity contribution is 5.79. The van der Waals surface area contributed by atoms with E-state index >= 15 is 0 Å². The number of carbonyl (C=O) groups is 2. The summed E-state index contributed by atoms with van der Waals surface area (Å²) in [7, 11) is 0. The number of aromatic nitrogens is 2. The van der Waals surface area contributed by atoms with Crippen LogP contribution in [0.1, 0.15) is 49.1 Å². The topological polar surface area (TPSA) is 97.6 Å². The summed E-state index contributed by atoms with van der Waals surface area (Å²) < 4.78 is 11.8. The normalized spacial score (nSPS) is 18.1. The van der Waals surface area contributed by atoms with Crippen LogP contribution in [0.25, 0.3) is 11.5 Å². The average molecular weight is 447 g/mol. The van der Waals surface area contributed by atoms with E-state index in [1.165, 1.54) is 5.56 Å². The Labute approximate surface area is 191 Å². The van der Waals surface area contributed by atoms with Gasteiger partial charge in [0, 0.05) is 49.5 Å². The van der Waals surface area contributed by atoms with Crippen LogP contribution >= 0.6 is 0 Å². The lowest BCUT2D eigenvalue weighted by atomic mass is 10.1. The molecule has 1 unspecified atom stereocenters. The molecule has 8 nitrogen and oxygen atoms in total. The van der Waals surface area contributed by atoms with Crippen molar-refractivity contribution in [2.24, 2.45) is 0 Å². The maximum Gasteiger partial charge on any atom is 0.258 e. The monoisotopic (exact) mass is 446 g/mol. The van der Waals surface area contributed by atoms with Crippen LogP contribution < -0.4 is 10.1 Å². The zero-order chi connectivity index (χ0) is 22.8. The van der Waals surface area contributed by atoms with Gasteiger partial charge in [0.25, 0.3) is 5.89 Å². The highest BCUT2D eigenvalue weighted by atomic mass is 16.5. The van der Waals surface area contributed by atoms with Gasteiger partial charge in [-0.15, -0.1) is 0 Å². The molecule has 0 aliphatic carbocycles. The van der Waals surface area contributed by atoms with Crippen molar-refractivity contribution in [3.8, 4) is 23.0 Å². The van der Waals surface area contributed by atoms with Gasteiger partial charge in [-0.05, 0) is 42.7 Å². The molecule has 1 atom stereocenters. The number of nitrogens with zero attached hydrogens (tertiary/aromatic N) is 3. The Balaban J connectivity index is 1.44. The fourth-order valence-electron chi connectivity index (χ4n) is 4.22. The Morgan fingerprint density at radius 2 is 2.03 bits per heavy atom. The smallest absolute Gasteiger partial charge is 0.258 e. The van der Waals surface area contributed by atoms with Crippen molar-refractivity contribution in [2.45, 2.75) is 45.1 Å². The van der Waals surface area contributed by atoms with E-state index in [4.69, 9.17) is 9.26 Å². The molecular weight excluding hydrogens is 420 g/mol. The number of ether oxygens (including phenoxy) is 1. The highest BCUT2D eigenvalue weighted by Gasteiger charge is 2.28. The Bertz CT molecular complexity index is 1170. The summed E-state index contributed by atoms with van der Waals surface area (Å²) in [6.07, 6.45) is 2.80. The second-order valence-electron chi connectivity index (χ2n) is 8.50. The van der Waals surface area contributed by atoms with Gasteiger partial charge in [0.15, 0.2) is 5.82 Å². The van der Waals surface area contributed by atoms with Crippen molar-refractivity contribution in [2.75, 3.05) is 13.1 Å². The number of hydrogen-bond acceptors (Lipinski definition) is 6. The van der Waals surface area contributed by atoms with Crippen molar-refractivity contribution in [1.29, 1.82) is 0 Å². The summed E-state index contributed by atoms with van der Waals surface area (Å²) >= 11 is 0. The van der Waals surface area contributed by atoms with Crippen molar-refractivity contribution in [3.05, 3.63) is 59.4 Å². The first-order valence-electron chi connectivity index (χ1n) is 11.4. The first-order chi connectivity index (χ1) is 16.1. The molecule has 3 aromatic rings. The van der Waals surface area contributed by atoms with Crippen LogP contribution in [0, 0.1) is 0 Å². The van der Waals surface area contributed by atoms with Crippen LogP contribution in [0.5, 0.6) is 11.5 Å². The Hall–Kier alpha value is -3.68. The van der Waals surface area contributed by atoms with Gasteiger partial charge in [-0.1, -0.05) is 30.3 Å². The van der Waals surface area contributed by atoms with Gasteiger partial charge < -0.3 is 19.5 Å². The van der Waals surface area contributed by atoms with E-state index in [0.29, 0.717) is 43.4 Å². The Morgan fingerprint density at radius 1 is 1.18 bits per heavy atom. The minimum absolute atomic E-state index is 0.00283. The minimum Gasteiger partial charge on any atom is -0.457 e. The summed E-state index contributed by atoms with van der Waals surface area (Å²) in [5.74, 6) is 2.35. The van der Waals surface area contributed by atoms with Crippen molar-refractivity contribution >= 4 is 11.8 Å². The molecule has 0 spiro atoms. The van der Waals surface area contributed by atoms with Gasteiger partial charge in [-0.25, -0.2) is 0 Å². The number of carbonyl (C=O) groups excluding carboxylic acids is 2. The summed E-state index contributed by atoms with van der Waals surface area (Å²) in [6.45, 7) is 3.88. The largest absolute Gasteiger partial charge is 0.457 e. The third-order valence-corrected chi connectivity index (χ3v) is 6.19.